The third kappa shape index (κ3) is 2.63. The Morgan fingerprint density at radius 2 is 2.18 bits per heavy atom. The lowest BCUT2D eigenvalue weighted by molar-refractivity contribution is 1.51. The van der Waals surface area contributed by atoms with Gasteiger partial charge >= 0.3 is 0 Å². The van der Waals surface area contributed by atoms with Crippen LogP contribution < -0.4 is 5.73 Å². The van der Waals surface area contributed by atoms with Crippen molar-refractivity contribution >= 4 is 65.8 Å². The first-order valence-electron chi connectivity index (χ1n) is 4.52. The molecule has 0 aromatic carbocycles. The summed E-state index contributed by atoms with van der Waals surface area (Å²) in [6.07, 6.45) is 0. The van der Waals surface area contributed by atoms with Gasteiger partial charge in [-0.3, -0.25) is 0 Å². The molecule has 0 atom stereocenters. The van der Waals surface area contributed by atoms with Crippen LogP contribution in [-0.2, 0) is 0 Å². The summed E-state index contributed by atoms with van der Waals surface area (Å²) in [5.74, 6) is 0. The van der Waals surface area contributed by atoms with E-state index < -0.39 is 0 Å². The summed E-state index contributed by atoms with van der Waals surface area (Å²) < 4.78 is 1.90. The van der Waals surface area contributed by atoms with Crippen LogP contribution in [-0.4, -0.2) is 0 Å². The number of nitrogens with two attached hydrogens (primary N) is 1. The fourth-order valence-corrected chi connectivity index (χ4v) is 4.91. The first-order chi connectivity index (χ1) is 8.13. The van der Waals surface area contributed by atoms with Gasteiger partial charge in [0.05, 0.1) is 18.8 Å². The second-order valence-electron chi connectivity index (χ2n) is 3.12. The Morgan fingerprint density at radius 3 is 2.65 bits per heavy atom. The second-order valence-corrected chi connectivity index (χ2v) is 7.81. The third-order valence-electron chi connectivity index (χ3n) is 2.10. The number of halogens is 2. The standard InChI is InChI=1S/C11H6Br2N2S2/c12-9-4-6(11(13)17-9)10(15)7(5-14)8-2-1-3-16-8/h1-4H,15H2/b10-7-. The van der Waals surface area contributed by atoms with Crippen LogP contribution in [0.1, 0.15) is 10.4 Å². The summed E-state index contributed by atoms with van der Waals surface area (Å²) in [5.41, 5.74) is 7.95. The van der Waals surface area contributed by atoms with Crippen LogP contribution in [0.3, 0.4) is 0 Å². The zero-order valence-electron chi connectivity index (χ0n) is 8.41. The minimum Gasteiger partial charge on any atom is -0.397 e. The van der Waals surface area contributed by atoms with E-state index in [1.165, 1.54) is 22.7 Å². The molecule has 0 aliphatic heterocycles. The van der Waals surface area contributed by atoms with Gasteiger partial charge in [-0.25, -0.2) is 0 Å². The molecule has 0 amide bonds. The summed E-state index contributed by atoms with van der Waals surface area (Å²) in [6, 6.07) is 7.88. The molecule has 2 N–H and O–H groups in total. The highest BCUT2D eigenvalue weighted by atomic mass is 79.9. The molecule has 0 bridgehead atoms. The van der Waals surface area contributed by atoms with Crippen LogP contribution in [0.25, 0.3) is 11.3 Å². The molecule has 0 aliphatic rings. The Hall–Kier alpha value is -0.610. The van der Waals surface area contributed by atoms with Gasteiger partial charge in [0.25, 0.3) is 0 Å². The Balaban J connectivity index is 2.58. The first-order valence-corrected chi connectivity index (χ1v) is 7.80. The van der Waals surface area contributed by atoms with E-state index in [4.69, 9.17) is 5.73 Å². The van der Waals surface area contributed by atoms with E-state index in [2.05, 4.69) is 37.9 Å². The average Bonchev–Trinajstić information content (AvgIpc) is 2.89. The van der Waals surface area contributed by atoms with Gasteiger partial charge in [0.15, 0.2) is 0 Å². The maximum atomic E-state index is 9.22. The van der Waals surface area contributed by atoms with Crippen LogP contribution in [0.5, 0.6) is 0 Å². The molecule has 0 unspecified atom stereocenters. The Kier molecular flexibility index (Phi) is 4.05. The molecule has 2 heterocycles. The van der Waals surface area contributed by atoms with Gasteiger partial charge in [-0.15, -0.1) is 22.7 Å². The number of hydrogen-bond donors (Lipinski definition) is 1. The topological polar surface area (TPSA) is 49.8 Å². The lowest BCUT2D eigenvalue weighted by Gasteiger charge is -2.02. The van der Waals surface area contributed by atoms with Gasteiger partial charge in [-0.05, 0) is 49.4 Å². The Labute approximate surface area is 124 Å². The zero-order valence-corrected chi connectivity index (χ0v) is 13.2. The van der Waals surface area contributed by atoms with Crippen LogP contribution in [0.4, 0.5) is 0 Å². The average molecular weight is 390 g/mol. The summed E-state index contributed by atoms with van der Waals surface area (Å²) in [5, 5.41) is 11.2. The van der Waals surface area contributed by atoms with Gasteiger partial charge in [0, 0.05) is 10.4 Å². The van der Waals surface area contributed by atoms with Gasteiger partial charge in [0.2, 0.25) is 0 Å². The minimum atomic E-state index is 0.503. The quantitative estimate of drug-likeness (QED) is 0.757. The number of nitriles is 1. The molecule has 86 valence electrons. The van der Waals surface area contributed by atoms with E-state index in [9.17, 15) is 5.26 Å². The minimum absolute atomic E-state index is 0.503. The predicted octanol–water partition coefficient (Wildman–Crippen LogP) is 4.69. The summed E-state index contributed by atoms with van der Waals surface area (Å²) >= 11 is 9.89. The third-order valence-corrected chi connectivity index (χ3v) is 5.32. The van der Waals surface area contributed by atoms with E-state index in [-0.39, 0.29) is 0 Å². The molecule has 6 heteroatoms. The van der Waals surface area contributed by atoms with Crippen molar-refractivity contribution in [2.75, 3.05) is 0 Å². The normalized spacial score (nSPS) is 12.1. The van der Waals surface area contributed by atoms with Crippen molar-refractivity contribution < 1.29 is 0 Å². The monoisotopic (exact) mass is 388 g/mol. The highest BCUT2D eigenvalue weighted by Gasteiger charge is 2.14. The zero-order chi connectivity index (χ0) is 12.4. The molecule has 0 saturated carbocycles. The van der Waals surface area contributed by atoms with Gasteiger partial charge in [-0.1, -0.05) is 6.07 Å². The lowest BCUT2D eigenvalue weighted by Crippen LogP contribution is -1.99. The molecule has 0 aliphatic carbocycles. The molecule has 2 rings (SSSR count). The van der Waals surface area contributed by atoms with Gasteiger partial charge in [-0.2, -0.15) is 5.26 Å². The van der Waals surface area contributed by atoms with E-state index in [1.807, 2.05) is 23.6 Å². The Bertz CT molecular complexity index is 606. The molecule has 2 aromatic heterocycles. The molecule has 17 heavy (non-hydrogen) atoms. The summed E-state index contributed by atoms with van der Waals surface area (Å²) in [6.45, 7) is 0. The molecular weight excluding hydrogens is 384 g/mol. The SMILES string of the molecule is N#C/C(=C(/N)c1cc(Br)sc1Br)c1cccs1. The van der Waals surface area contributed by atoms with Crippen LogP contribution in [0.2, 0.25) is 0 Å². The fourth-order valence-electron chi connectivity index (χ4n) is 1.33. The number of hydrogen-bond acceptors (Lipinski definition) is 4. The molecular formula is C11H6Br2N2S2. The fraction of sp³-hybridized carbons (Fsp3) is 0. The van der Waals surface area contributed by atoms with Crippen molar-refractivity contribution in [3.05, 3.63) is 41.6 Å². The number of rotatable bonds is 2. The Morgan fingerprint density at radius 1 is 1.41 bits per heavy atom. The summed E-state index contributed by atoms with van der Waals surface area (Å²) in [4.78, 5) is 0.888. The maximum absolute atomic E-state index is 9.22. The smallest absolute Gasteiger partial charge is 0.103 e. The molecule has 0 radical (unpaired) electrons. The molecule has 0 fully saturated rings. The lowest BCUT2D eigenvalue weighted by atomic mass is 10.1. The first kappa shape index (κ1) is 12.8. The van der Waals surface area contributed by atoms with Crippen molar-refractivity contribution in [1.82, 2.24) is 0 Å². The summed E-state index contributed by atoms with van der Waals surface area (Å²) in [7, 11) is 0. The van der Waals surface area contributed by atoms with Crippen molar-refractivity contribution in [2.45, 2.75) is 0 Å². The van der Waals surface area contributed by atoms with Crippen molar-refractivity contribution in [3.8, 4) is 6.07 Å². The van der Waals surface area contributed by atoms with Crippen LogP contribution in [0.15, 0.2) is 31.2 Å². The van der Waals surface area contributed by atoms with Gasteiger partial charge < -0.3 is 5.73 Å². The second kappa shape index (κ2) is 5.36. The predicted molar refractivity (Wildman–Crippen MR) is 80.7 cm³/mol. The number of thiophene rings is 2. The van der Waals surface area contributed by atoms with Crippen molar-refractivity contribution in [1.29, 1.82) is 5.26 Å². The van der Waals surface area contributed by atoms with Crippen molar-refractivity contribution in [3.63, 3.8) is 0 Å². The highest BCUT2D eigenvalue weighted by Crippen LogP contribution is 2.37. The maximum Gasteiger partial charge on any atom is 0.103 e. The highest BCUT2D eigenvalue weighted by molar-refractivity contribution is 9.12. The number of allylic oxidation sites excluding steroid dienone is 1. The number of nitrogens with zero attached hydrogens (tertiary/aromatic N) is 1. The molecule has 0 saturated heterocycles. The van der Waals surface area contributed by atoms with Crippen LogP contribution in [0, 0.1) is 11.3 Å². The van der Waals surface area contributed by atoms with E-state index in [0.717, 1.165) is 18.0 Å². The van der Waals surface area contributed by atoms with E-state index in [0.29, 0.717) is 11.3 Å². The van der Waals surface area contributed by atoms with Crippen LogP contribution >= 0.6 is 54.5 Å². The van der Waals surface area contributed by atoms with Gasteiger partial charge in [0.1, 0.15) is 6.07 Å². The largest absolute Gasteiger partial charge is 0.397 e. The van der Waals surface area contributed by atoms with Crippen molar-refractivity contribution in [2.24, 2.45) is 5.73 Å². The molecule has 2 nitrogen and oxygen atoms in total. The van der Waals surface area contributed by atoms with E-state index >= 15 is 0 Å². The van der Waals surface area contributed by atoms with E-state index in [1.54, 1.807) is 0 Å². The molecule has 0 spiro atoms. The molecule has 2 aromatic rings.